The SMILES string of the molecule is C[C@H](NC(=O)NC[C@@H]1CCS(=O)(=O)C1)C(=O)NCc1ccccc1. The number of hydrogen-bond donors (Lipinski definition) is 3. The quantitative estimate of drug-likeness (QED) is 0.689. The van der Waals surface area contributed by atoms with E-state index in [4.69, 9.17) is 0 Å². The van der Waals surface area contributed by atoms with E-state index >= 15 is 0 Å². The Bertz CT molecular complexity index is 676. The number of nitrogens with one attached hydrogen (secondary N) is 3. The summed E-state index contributed by atoms with van der Waals surface area (Å²) in [4.78, 5) is 23.8. The van der Waals surface area contributed by atoms with Crippen molar-refractivity contribution in [1.29, 1.82) is 0 Å². The first-order valence-electron chi connectivity index (χ1n) is 7.92. The smallest absolute Gasteiger partial charge is 0.315 e. The predicted octanol–water partition coefficient (Wildman–Crippen LogP) is 0.425. The van der Waals surface area contributed by atoms with Crippen molar-refractivity contribution >= 4 is 21.8 Å². The Morgan fingerprint density at radius 2 is 1.92 bits per heavy atom. The van der Waals surface area contributed by atoms with E-state index in [1.54, 1.807) is 6.92 Å². The fraction of sp³-hybridized carbons (Fsp3) is 0.500. The number of benzene rings is 1. The van der Waals surface area contributed by atoms with Gasteiger partial charge in [0.05, 0.1) is 11.5 Å². The lowest BCUT2D eigenvalue weighted by atomic mass is 10.1. The van der Waals surface area contributed by atoms with Crippen LogP contribution in [-0.2, 0) is 21.2 Å². The molecule has 0 unspecified atom stereocenters. The van der Waals surface area contributed by atoms with E-state index in [2.05, 4.69) is 16.0 Å². The zero-order chi connectivity index (χ0) is 17.6. The number of urea groups is 1. The molecular weight excluding hydrogens is 330 g/mol. The minimum atomic E-state index is -2.95. The van der Waals surface area contributed by atoms with Crippen LogP contribution in [0.1, 0.15) is 18.9 Å². The monoisotopic (exact) mass is 353 g/mol. The fourth-order valence-corrected chi connectivity index (χ4v) is 4.38. The second-order valence-electron chi connectivity index (χ2n) is 6.05. The van der Waals surface area contributed by atoms with E-state index in [0.29, 0.717) is 19.5 Å². The van der Waals surface area contributed by atoms with Crippen LogP contribution in [0.3, 0.4) is 0 Å². The Hall–Kier alpha value is -2.09. The van der Waals surface area contributed by atoms with Gasteiger partial charge in [0.25, 0.3) is 0 Å². The maximum Gasteiger partial charge on any atom is 0.315 e. The van der Waals surface area contributed by atoms with Crippen molar-refractivity contribution in [2.75, 3.05) is 18.1 Å². The lowest BCUT2D eigenvalue weighted by molar-refractivity contribution is -0.122. The predicted molar refractivity (Wildman–Crippen MR) is 91.0 cm³/mol. The first-order chi connectivity index (χ1) is 11.4. The number of hydrogen-bond acceptors (Lipinski definition) is 4. The van der Waals surface area contributed by atoms with Crippen LogP contribution in [0, 0.1) is 5.92 Å². The number of sulfone groups is 1. The molecule has 1 aliphatic rings. The highest BCUT2D eigenvalue weighted by molar-refractivity contribution is 7.91. The summed E-state index contributed by atoms with van der Waals surface area (Å²) in [5, 5.41) is 7.93. The van der Waals surface area contributed by atoms with Gasteiger partial charge in [-0.1, -0.05) is 30.3 Å². The summed E-state index contributed by atoms with van der Waals surface area (Å²) in [5.41, 5.74) is 0.977. The molecule has 3 N–H and O–H groups in total. The van der Waals surface area contributed by atoms with Crippen molar-refractivity contribution in [3.63, 3.8) is 0 Å². The van der Waals surface area contributed by atoms with Gasteiger partial charge in [0.15, 0.2) is 9.84 Å². The minimum absolute atomic E-state index is 0.0528. The number of carbonyl (C=O) groups excluding carboxylic acids is 2. The van der Waals surface area contributed by atoms with Gasteiger partial charge < -0.3 is 16.0 Å². The number of rotatable bonds is 6. The Morgan fingerprint density at radius 1 is 1.21 bits per heavy atom. The van der Waals surface area contributed by atoms with Crippen molar-refractivity contribution in [3.8, 4) is 0 Å². The molecule has 0 aliphatic carbocycles. The molecule has 3 amide bonds. The van der Waals surface area contributed by atoms with Crippen molar-refractivity contribution < 1.29 is 18.0 Å². The Labute approximate surface area is 142 Å². The Morgan fingerprint density at radius 3 is 2.54 bits per heavy atom. The zero-order valence-corrected chi connectivity index (χ0v) is 14.4. The highest BCUT2D eigenvalue weighted by Crippen LogP contribution is 2.17. The first kappa shape index (κ1) is 18.3. The third-order valence-electron chi connectivity index (χ3n) is 3.93. The summed E-state index contributed by atoms with van der Waals surface area (Å²) >= 11 is 0. The van der Waals surface area contributed by atoms with Gasteiger partial charge in [-0.3, -0.25) is 4.79 Å². The average molecular weight is 353 g/mol. The maximum atomic E-state index is 12.0. The van der Waals surface area contributed by atoms with Gasteiger partial charge in [0, 0.05) is 13.1 Å². The molecule has 1 aromatic rings. The number of carbonyl (C=O) groups is 2. The summed E-state index contributed by atoms with van der Waals surface area (Å²) in [5.74, 6) is -0.0416. The van der Waals surface area contributed by atoms with Crippen molar-refractivity contribution in [1.82, 2.24) is 16.0 Å². The minimum Gasteiger partial charge on any atom is -0.350 e. The molecule has 132 valence electrons. The molecule has 7 nitrogen and oxygen atoms in total. The summed E-state index contributed by atoms with van der Waals surface area (Å²) in [6.45, 7) is 2.29. The lowest BCUT2D eigenvalue weighted by Gasteiger charge is -2.16. The van der Waals surface area contributed by atoms with Crippen LogP contribution in [0.4, 0.5) is 4.79 Å². The standard InChI is InChI=1S/C16H23N3O4S/c1-12(15(20)17-9-13-5-3-2-4-6-13)19-16(21)18-10-14-7-8-24(22,23)11-14/h2-6,12,14H,7-11H2,1H3,(H,17,20)(H2,18,19,21)/t12-,14-/m0/s1. The van der Waals surface area contributed by atoms with Crippen LogP contribution in [0.25, 0.3) is 0 Å². The van der Waals surface area contributed by atoms with Gasteiger partial charge in [0.1, 0.15) is 6.04 Å². The molecule has 1 saturated heterocycles. The summed E-state index contributed by atoms with van der Waals surface area (Å²) in [7, 11) is -2.95. The molecule has 8 heteroatoms. The van der Waals surface area contributed by atoms with Gasteiger partial charge in [-0.05, 0) is 24.8 Å². The second-order valence-corrected chi connectivity index (χ2v) is 8.28. The van der Waals surface area contributed by atoms with Crippen LogP contribution < -0.4 is 16.0 Å². The van der Waals surface area contributed by atoms with Gasteiger partial charge in [-0.2, -0.15) is 0 Å². The molecule has 1 fully saturated rings. The molecule has 0 saturated carbocycles. The number of amides is 3. The second kappa shape index (κ2) is 8.14. The van der Waals surface area contributed by atoms with E-state index in [1.807, 2.05) is 30.3 Å². The van der Waals surface area contributed by atoms with Crippen LogP contribution in [0.5, 0.6) is 0 Å². The lowest BCUT2D eigenvalue weighted by Crippen LogP contribution is -2.49. The van der Waals surface area contributed by atoms with E-state index in [0.717, 1.165) is 5.56 Å². The van der Waals surface area contributed by atoms with E-state index in [1.165, 1.54) is 0 Å². The van der Waals surface area contributed by atoms with Gasteiger partial charge in [0.2, 0.25) is 5.91 Å². The molecule has 24 heavy (non-hydrogen) atoms. The highest BCUT2D eigenvalue weighted by atomic mass is 32.2. The Balaban J connectivity index is 1.68. The van der Waals surface area contributed by atoms with Crippen molar-refractivity contribution in [2.24, 2.45) is 5.92 Å². The molecule has 2 rings (SSSR count). The van der Waals surface area contributed by atoms with Gasteiger partial charge in [-0.25, -0.2) is 13.2 Å². The molecule has 1 heterocycles. The van der Waals surface area contributed by atoms with Gasteiger partial charge in [-0.15, -0.1) is 0 Å². The normalized spacial score (nSPS) is 20.1. The van der Waals surface area contributed by atoms with E-state index in [-0.39, 0.29) is 23.3 Å². The molecule has 2 atom stereocenters. The van der Waals surface area contributed by atoms with Crippen LogP contribution in [0.2, 0.25) is 0 Å². The largest absolute Gasteiger partial charge is 0.350 e. The Kier molecular flexibility index (Phi) is 6.19. The summed E-state index contributed by atoms with van der Waals surface area (Å²) in [6.07, 6.45) is 0.565. The van der Waals surface area contributed by atoms with Crippen molar-refractivity contribution in [3.05, 3.63) is 35.9 Å². The van der Waals surface area contributed by atoms with Gasteiger partial charge >= 0.3 is 6.03 Å². The van der Waals surface area contributed by atoms with E-state index < -0.39 is 21.9 Å². The third kappa shape index (κ3) is 5.84. The molecule has 0 bridgehead atoms. The fourth-order valence-electron chi connectivity index (χ4n) is 2.52. The van der Waals surface area contributed by atoms with Crippen LogP contribution in [0.15, 0.2) is 30.3 Å². The van der Waals surface area contributed by atoms with Crippen molar-refractivity contribution in [2.45, 2.75) is 25.9 Å². The molecule has 0 aromatic heterocycles. The van der Waals surface area contributed by atoms with Crippen LogP contribution >= 0.6 is 0 Å². The molecule has 1 aromatic carbocycles. The van der Waals surface area contributed by atoms with E-state index in [9.17, 15) is 18.0 Å². The first-order valence-corrected chi connectivity index (χ1v) is 9.74. The third-order valence-corrected chi connectivity index (χ3v) is 5.77. The maximum absolute atomic E-state index is 12.0. The summed E-state index contributed by atoms with van der Waals surface area (Å²) < 4.78 is 22.7. The molecule has 1 aliphatic heterocycles. The molecule has 0 radical (unpaired) electrons. The zero-order valence-electron chi connectivity index (χ0n) is 13.6. The van der Waals surface area contributed by atoms with Crippen LogP contribution in [-0.4, -0.2) is 44.4 Å². The molecular formula is C16H23N3O4S. The average Bonchev–Trinajstić information content (AvgIpc) is 2.90. The summed E-state index contributed by atoms with van der Waals surface area (Å²) in [6, 6.07) is 8.33. The topological polar surface area (TPSA) is 104 Å². The highest BCUT2D eigenvalue weighted by Gasteiger charge is 2.28. The molecule has 0 spiro atoms.